The molecule has 0 aliphatic carbocycles. The van der Waals surface area contributed by atoms with Gasteiger partial charge in [-0.1, -0.05) is 0 Å². The molecule has 0 atom stereocenters. The monoisotopic (exact) mass is 742 g/mol. The predicted octanol–water partition coefficient (Wildman–Crippen LogP) is 8.74. The molecule has 0 fully saturated rings. The molecule has 0 unspecified atom stereocenters. The number of rotatable bonds is 11. The van der Waals surface area contributed by atoms with E-state index in [0.717, 1.165) is 67.3 Å². The molecule has 0 saturated heterocycles. The molecule has 2 aromatic heterocycles. The van der Waals surface area contributed by atoms with Crippen molar-refractivity contribution in [2.24, 2.45) is 0 Å². The number of aromatic nitrogens is 2. The third-order valence-electron chi connectivity index (χ3n) is 8.58. The van der Waals surface area contributed by atoms with Crippen molar-refractivity contribution in [3.63, 3.8) is 0 Å². The SMILES string of the molecule is Cc1ccc2cccc([O][Ga][O]c3ccc(C(C)(c4ccccc4)c4ccc([O][Ga][O]c5cccc6ccc(C)nc56)cc4)cc3)c2n1. The van der Waals surface area contributed by atoms with Crippen LogP contribution in [-0.2, 0) is 5.41 Å². The standard InChI is InChI=1S/C20H18O2.2C10H9NO.2Ga/c1-20(15-5-3-2-4-6-15,16-7-11-18(21)12-8-16)17-9-13-19(22)14-10-17;2*1-7-5-6-8-3-2-4-9(12)10(8)11-7;;/h2-14,21-22H,1H3;2*2-6,12H,1H3;;/q;;;2*+2/p-4. The molecule has 232 valence electrons. The summed E-state index contributed by atoms with van der Waals surface area (Å²) in [5.41, 5.74) is 6.78. The predicted molar refractivity (Wildman–Crippen MR) is 192 cm³/mol. The Balaban J connectivity index is 1.05. The number of hydrogen-bond acceptors (Lipinski definition) is 6. The molecule has 0 aliphatic rings. The molecule has 48 heavy (non-hydrogen) atoms. The fourth-order valence-electron chi connectivity index (χ4n) is 5.89. The van der Waals surface area contributed by atoms with Crippen molar-refractivity contribution in [2.45, 2.75) is 26.2 Å². The van der Waals surface area contributed by atoms with Crippen LogP contribution in [-0.4, -0.2) is 46.2 Å². The number of hydrogen-bond donors (Lipinski definition) is 0. The van der Waals surface area contributed by atoms with E-state index in [1.54, 1.807) is 0 Å². The average Bonchev–Trinajstić information content (AvgIpc) is 3.12. The van der Waals surface area contributed by atoms with Gasteiger partial charge in [0.2, 0.25) is 0 Å². The third-order valence-corrected chi connectivity index (χ3v) is 11.6. The number of aryl methyl sites for hydroxylation is 2. The zero-order valence-electron chi connectivity index (χ0n) is 27.0. The van der Waals surface area contributed by atoms with E-state index in [4.69, 9.17) is 14.1 Å². The zero-order valence-corrected chi connectivity index (χ0v) is 31.8. The Morgan fingerprint density at radius 2 is 0.875 bits per heavy atom. The molecule has 2 radical (unpaired) electrons. The molecule has 5 aromatic carbocycles. The van der Waals surface area contributed by atoms with Crippen LogP contribution in [0.25, 0.3) is 21.8 Å². The molecule has 0 spiro atoms. The summed E-state index contributed by atoms with van der Waals surface area (Å²) in [5, 5.41) is 2.12. The van der Waals surface area contributed by atoms with Gasteiger partial charge >= 0.3 is 299 Å². The van der Waals surface area contributed by atoms with Gasteiger partial charge in [0.05, 0.1) is 0 Å². The second kappa shape index (κ2) is 14.3. The summed E-state index contributed by atoms with van der Waals surface area (Å²) in [4.78, 5) is 9.35. The van der Waals surface area contributed by atoms with Gasteiger partial charge in [-0.05, 0) is 0 Å². The van der Waals surface area contributed by atoms with Crippen LogP contribution < -0.4 is 14.1 Å². The second-order valence-electron chi connectivity index (χ2n) is 11.8. The van der Waals surface area contributed by atoms with Gasteiger partial charge in [-0.2, -0.15) is 0 Å². The quantitative estimate of drug-likeness (QED) is 0.0976. The fourth-order valence-corrected chi connectivity index (χ4v) is 8.45. The Morgan fingerprint density at radius 1 is 0.438 bits per heavy atom. The fraction of sp³-hybridized carbons (Fsp3) is 0.100. The van der Waals surface area contributed by atoms with Crippen LogP contribution in [0.1, 0.15) is 35.0 Å². The Kier molecular flexibility index (Phi) is 9.49. The molecule has 8 heteroatoms. The Labute approximate surface area is 297 Å². The van der Waals surface area contributed by atoms with Crippen LogP contribution in [0.15, 0.2) is 140 Å². The van der Waals surface area contributed by atoms with Crippen LogP contribution in [0.3, 0.4) is 0 Å². The average molecular weight is 744 g/mol. The van der Waals surface area contributed by atoms with Gasteiger partial charge in [-0.25, -0.2) is 0 Å². The van der Waals surface area contributed by atoms with Crippen molar-refractivity contribution >= 4 is 58.1 Å². The van der Waals surface area contributed by atoms with Gasteiger partial charge < -0.3 is 0 Å². The van der Waals surface area contributed by atoms with Crippen molar-refractivity contribution < 1.29 is 14.1 Å². The molecule has 2 heterocycles. The number of benzene rings is 5. The van der Waals surface area contributed by atoms with E-state index in [2.05, 4.69) is 77.6 Å². The van der Waals surface area contributed by atoms with E-state index in [1.807, 2.05) is 92.7 Å². The van der Waals surface area contributed by atoms with Crippen molar-refractivity contribution in [3.8, 4) is 23.0 Å². The van der Waals surface area contributed by atoms with Gasteiger partial charge in [0.15, 0.2) is 0 Å². The molecular formula is C40H32Ga2N2O4. The van der Waals surface area contributed by atoms with Gasteiger partial charge in [-0.15, -0.1) is 0 Å². The minimum atomic E-state index is -1.52. The van der Waals surface area contributed by atoms with Gasteiger partial charge in [0.25, 0.3) is 0 Å². The topological polar surface area (TPSA) is 62.7 Å². The summed E-state index contributed by atoms with van der Waals surface area (Å²) >= 11 is -3.03. The van der Waals surface area contributed by atoms with Crippen LogP contribution in [0.2, 0.25) is 0 Å². The normalized spacial score (nSPS) is 11.2. The molecular weight excluding hydrogens is 712 g/mol. The first kappa shape index (κ1) is 32.0. The first-order valence-electron chi connectivity index (χ1n) is 15.8. The van der Waals surface area contributed by atoms with Crippen molar-refractivity contribution in [3.05, 3.63) is 168 Å². The zero-order chi connectivity index (χ0) is 32.9. The molecule has 6 nitrogen and oxygen atoms in total. The van der Waals surface area contributed by atoms with E-state index in [0.29, 0.717) is 0 Å². The van der Waals surface area contributed by atoms with Crippen LogP contribution >= 0.6 is 0 Å². The van der Waals surface area contributed by atoms with E-state index < -0.39 is 41.7 Å². The van der Waals surface area contributed by atoms with Crippen LogP contribution in [0.4, 0.5) is 0 Å². The number of nitrogens with zero attached hydrogens (tertiary/aromatic N) is 2. The molecule has 7 aromatic rings. The molecule has 0 amide bonds. The summed E-state index contributed by atoms with van der Waals surface area (Å²) in [6.07, 6.45) is 0. The van der Waals surface area contributed by atoms with E-state index in [1.165, 1.54) is 5.56 Å². The summed E-state index contributed by atoms with van der Waals surface area (Å²) in [7, 11) is 0. The Bertz CT molecular complexity index is 2040. The number of para-hydroxylation sites is 2. The summed E-state index contributed by atoms with van der Waals surface area (Å²) < 4.78 is 24.6. The van der Waals surface area contributed by atoms with Crippen molar-refractivity contribution in [1.29, 1.82) is 0 Å². The van der Waals surface area contributed by atoms with E-state index in [-0.39, 0.29) is 0 Å². The molecule has 0 N–H and O–H groups in total. The molecule has 0 aliphatic heterocycles. The van der Waals surface area contributed by atoms with Gasteiger partial charge in [0, 0.05) is 0 Å². The number of fused-ring (bicyclic) bond motifs is 2. The van der Waals surface area contributed by atoms with E-state index in [9.17, 15) is 0 Å². The van der Waals surface area contributed by atoms with Crippen molar-refractivity contribution in [2.75, 3.05) is 0 Å². The van der Waals surface area contributed by atoms with Crippen molar-refractivity contribution in [1.82, 2.24) is 9.97 Å². The first-order chi connectivity index (χ1) is 23.5. The van der Waals surface area contributed by atoms with E-state index >= 15 is 0 Å². The van der Waals surface area contributed by atoms with Gasteiger partial charge in [0.1, 0.15) is 0 Å². The number of pyridine rings is 2. The summed E-state index contributed by atoms with van der Waals surface area (Å²) in [6.45, 7) is 6.24. The maximum absolute atomic E-state index is 6.16. The molecule has 0 bridgehead atoms. The van der Waals surface area contributed by atoms with Crippen LogP contribution in [0.5, 0.6) is 23.0 Å². The second-order valence-corrected chi connectivity index (χ2v) is 14.6. The third kappa shape index (κ3) is 6.84. The summed E-state index contributed by atoms with van der Waals surface area (Å²) in [5.74, 6) is 3.13. The molecule has 7 rings (SSSR count). The maximum atomic E-state index is 6.16. The van der Waals surface area contributed by atoms with Gasteiger partial charge in [-0.3, -0.25) is 0 Å². The Morgan fingerprint density at radius 3 is 1.33 bits per heavy atom. The minimum absolute atomic E-state index is 0.401. The molecule has 0 saturated carbocycles. The first-order valence-corrected chi connectivity index (χ1v) is 19.7. The Hall–Kier alpha value is -4.61. The van der Waals surface area contributed by atoms with Crippen LogP contribution in [0, 0.1) is 13.8 Å². The summed E-state index contributed by atoms with van der Waals surface area (Å²) in [6, 6.07) is 47.5.